The number of carbonyl (C=O) groups excluding carboxylic acids is 2. The predicted octanol–water partition coefficient (Wildman–Crippen LogP) is 4.32. The lowest BCUT2D eigenvalue weighted by Gasteiger charge is -2.29. The molecule has 0 heterocycles. The van der Waals surface area contributed by atoms with Gasteiger partial charge in [0, 0.05) is 22.6 Å². The molecule has 1 atom stereocenters. The summed E-state index contributed by atoms with van der Waals surface area (Å²) in [7, 11) is 1.52. The van der Waals surface area contributed by atoms with Crippen LogP contribution in [-0.2, 0) is 16.1 Å². The van der Waals surface area contributed by atoms with E-state index in [1.807, 2.05) is 13.8 Å². The van der Waals surface area contributed by atoms with Gasteiger partial charge in [-0.15, -0.1) is 0 Å². The summed E-state index contributed by atoms with van der Waals surface area (Å²) in [5, 5.41) is 3.74. The number of nitrogens with one attached hydrogen (secondary N) is 1. The predicted molar refractivity (Wildman–Crippen MR) is 118 cm³/mol. The van der Waals surface area contributed by atoms with Crippen molar-refractivity contribution in [2.24, 2.45) is 0 Å². The Hall–Kier alpha value is -2.44. The van der Waals surface area contributed by atoms with Gasteiger partial charge in [0.2, 0.25) is 5.91 Å². The van der Waals surface area contributed by atoms with E-state index in [9.17, 15) is 9.59 Å². The molecule has 0 spiro atoms. The molecule has 0 fully saturated rings. The van der Waals surface area contributed by atoms with E-state index in [4.69, 9.17) is 32.7 Å². The van der Waals surface area contributed by atoms with E-state index in [1.54, 1.807) is 49.4 Å². The van der Waals surface area contributed by atoms with Crippen LogP contribution in [0.3, 0.4) is 0 Å². The molecule has 0 aliphatic rings. The second-order valence-electron chi connectivity index (χ2n) is 7.04. The van der Waals surface area contributed by atoms with E-state index >= 15 is 0 Å². The number of halogens is 2. The number of hydrogen-bond acceptors (Lipinski definition) is 4. The fourth-order valence-electron chi connectivity index (χ4n) is 2.78. The van der Waals surface area contributed by atoms with E-state index in [2.05, 4.69) is 5.32 Å². The SMILES string of the molecule is COc1ccccc1OCC(=O)N(Cc1ccc(Cl)cc1Cl)[C@H](C)C(=O)NC(C)C. The van der Waals surface area contributed by atoms with E-state index in [-0.39, 0.29) is 31.0 Å². The first-order valence-electron chi connectivity index (χ1n) is 9.52. The second kappa shape index (κ2) is 11.1. The number of benzene rings is 2. The van der Waals surface area contributed by atoms with Crippen LogP contribution in [0.5, 0.6) is 11.5 Å². The fraction of sp³-hybridized carbons (Fsp3) is 0.364. The van der Waals surface area contributed by atoms with Gasteiger partial charge in [0.25, 0.3) is 5.91 Å². The van der Waals surface area contributed by atoms with Crippen LogP contribution < -0.4 is 14.8 Å². The maximum Gasteiger partial charge on any atom is 0.261 e. The van der Waals surface area contributed by atoms with Crippen molar-refractivity contribution < 1.29 is 19.1 Å². The Labute approximate surface area is 187 Å². The van der Waals surface area contributed by atoms with Crippen LogP contribution >= 0.6 is 23.2 Å². The van der Waals surface area contributed by atoms with Crippen molar-refractivity contribution in [1.82, 2.24) is 10.2 Å². The highest BCUT2D eigenvalue weighted by Gasteiger charge is 2.27. The summed E-state index contributed by atoms with van der Waals surface area (Å²) < 4.78 is 10.9. The highest BCUT2D eigenvalue weighted by atomic mass is 35.5. The highest BCUT2D eigenvalue weighted by Crippen LogP contribution is 2.26. The summed E-state index contributed by atoms with van der Waals surface area (Å²) in [5.41, 5.74) is 0.677. The number of carbonyl (C=O) groups is 2. The maximum absolute atomic E-state index is 13.0. The smallest absolute Gasteiger partial charge is 0.261 e. The van der Waals surface area contributed by atoms with Crippen molar-refractivity contribution in [3.63, 3.8) is 0 Å². The number of ether oxygens (including phenoxy) is 2. The molecule has 0 aliphatic heterocycles. The molecule has 162 valence electrons. The number of methoxy groups -OCH3 is 1. The molecule has 0 bridgehead atoms. The molecule has 0 saturated heterocycles. The molecule has 0 radical (unpaired) electrons. The Morgan fingerprint density at radius 3 is 2.33 bits per heavy atom. The number of hydrogen-bond donors (Lipinski definition) is 1. The Morgan fingerprint density at radius 1 is 1.07 bits per heavy atom. The molecule has 0 aromatic heterocycles. The van der Waals surface area contributed by atoms with Gasteiger partial charge >= 0.3 is 0 Å². The summed E-state index contributed by atoms with van der Waals surface area (Å²) >= 11 is 12.3. The van der Waals surface area contributed by atoms with Gasteiger partial charge in [-0.3, -0.25) is 9.59 Å². The summed E-state index contributed by atoms with van der Waals surface area (Å²) in [5.74, 6) is 0.333. The van der Waals surface area contributed by atoms with Crippen molar-refractivity contribution in [3.05, 3.63) is 58.1 Å². The largest absolute Gasteiger partial charge is 0.493 e. The first-order valence-corrected chi connectivity index (χ1v) is 10.3. The molecule has 2 rings (SSSR count). The van der Waals surface area contributed by atoms with E-state index in [0.717, 1.165) is 0 Å². The van der Waals surface area contributed by atoms with Gasteiger partial charge in [0.1, 0.15) is 6.04 Å². The van der Waals surface area contributed by atoms with Crippen molar-refractivity contribution in [1.29, 1.82) is 0 Å². The maximum atomic E-state index is 13.0. The van der Waals surface area contributed by atoms with Crippen molar-refractivity contribution in [2.75, 3.05) is 13.7 Å². The topological polar surface area (TPSA) is 67.9 Å². The Balaban J connectivity index is 2.22. The van der Waals surface area contributed by atoms with Crippen LogP contribution in [0.1, 0.15) is 26.3 Å². The van der Waals surface area contributed by atoms with Crippen molar-refractivity contribution in [3.8, 4) is 11.5 Å². The van der Waals surface area contributed by atoms with Crippen LogP contribution in [-0.4, -0.2) is 42.5 Å². The average Bonchev–Trinajstić information content (AvgIpc) is 2.70. The lowest BCUT2D eigenvalue weighted by molar-refractivity contribution is -0.142. The van der Waals surface area contributed by atoms with E-state index < -0.39 is 6.04 Å². The summed E-state index contributed by atoms with van der Waals surface area (Å²) in [6, 6.07) is 11.3. The highest BCUT2D eigenvalue weighted by molar-refractivity contribution is 6.35. The van der Waals surface area contributed by atoms with Gasteiger partial charge in [-0.1, -0.05) is 41.4 Å². The van der Waals surface area contributed by atoms with Gasteiger partial charge in [-0.25, -0.2) is 0 Å². The first kappa shape index (κ1) is 23.8. The Kier molecular flexibility index (Phi) is 8.81. The minimum absolute atomic E-state index is 0.0548. The minimum Gasteiger partial charge on any atom is -0.493 e. The van der Waals surface area contributed by atoms with Gasteiger partial charge in [0.15, 0.2) is 18.1 Å². The summed E-state index contributed by atoms with van der Waals surface area (Å²) in [4.78, 5) is 27.1. The molecule has 30 heavy (non-hydrogen) atoms. The first-order chi connectivity index (χ1) is 14.2. The molecule has 2 aromatic rings. The zero-order valence-corrected chi connectivity index (χ0v) is 19.0. The Bertz CT molecular complexity index is 889. The van der Waals surface area contributed by atoms with Crippen LogP contribution in [0.25, 0.3) is 0 Å². The van der Waals surface area contributed by atoms with Crippen LogP contribution in [0.4, 0.5) is 0 Å². The van der Waals surface area contributed by atoms with Crippen molar-refractivity contribution in [2.45, 2.75) is 39.4 Å². The third-order valence-corrected chi connectivity index (χ3v) is 4.96. The van der Waals surface area contributed by atoms with Crippen LogP contribution in [0.2, 0.25) is 10.0 Å². The van der Waals surface area contributed by atoms with Crippen LogP contribution in [0.15, 0.2) is 42.5 Å². The lowest BCUT2D eigenvalue weighted by Crippen LogP contribution is -2.50. The standard InChI is InChI=1S/C22H26Cl2N2O4/c1-14(2)25-22(28)15(3)26(12-16-9-10-17(23)11-18(16)24)21(27)13-30-20-8-6-5-7-19(20)29-4/h5-11,14-15H,12-13H2,1-4H3,(H,25,28)/t15-/m1/s1. The second-order valence-corrected chi connectivity index (χ2v) is 7.88. The fourth-order valence-corrected chi connectivity index (χ4v) is 3.25. The zero-order valence-electron chi connectivity index (χ0n) is 17.4. The molecule has 2 amide bonds. The molecule has 0 aliphatic carbocycles. The molecular formula is C22H26Cl2N2O4. The van der Waals surface area contributed by atoms with Crippen molar-refractivity contribution >= 4 is 35.0 Å². The molecule has 2 aromatic carbocycles. The van der Waals surface area contributed by atoms with E-state index in [1.165, 1.54) is 12.0 Å². The Morgan fingerprint density at radius 2 is 1.73 bits per heavy atom. The van der Waals surface area contributed by atoms with Crippen LogP contribution in [0, 0.1) is 0 Å². The minimum atomic E-state index is -0.729. The zero-order chi connectivity index (χ0) is 22.3. The molecule has 6 nitrogen and oxygen atoms in total. The molecule has 8 heteroatoms. The number of nitrogens with zero attached hydrogens (tertiary/aromatic N) is 1. The molecule has 0 unspecified atom stereocenters. The summed E-state index contributed by atoms with van der Waals surface area (Å²) in [6.45, 7) is 5.26. The van der Waals surface area contributed by atoms with E-state index in [0.29, 0.717) is 27.1 Å². The van der Waals surface area contributed by atoms with Gasteiger partial charge in [0.05, 0.1) is 7.11 Å². The number of para-hydroxylation sites is 2. The number of amides is 2. The monoisotopic (exact) mass is 452 g/mol. The lowest BCUT2D eigenvalue weighted by atomic mass is 10.1. The normalized spacial score (nSPS) is 11.7. The molecular weight excluding hydrogens is 427 g/mol. The third kappa shape index (κ3) is 6.54. The van der Waals surface area contributed by atoms with Gasteiger partial charge in [-0.2, -0.15) is 0 Å². The average molecular weight is 453 g/mol. The van der Waals surface area contributed by atoms with Gasteiger partial charge in [-0.05, 0) is 50.6 Å². The third-order valence-electron chi connectivity index (χ3n) is 4.37. The van der Waals surface area contributed by atoms with Gasteiger partial charge < -0.3 is 19.7 Å². The number of rotatable bonds is 9. The quantitative estimate of drug-likeness (QED) is 0.614. The molecule has 1 N–H and O–H groups in total. The molecule has 0 saturated carbocycles. The summed E-state index contributed by atoms with van der Waals surface area (Å²) in [6.07, 6.45) is 0.